The number of aromatic nitrogens is 2. The van der Waals surface area contributed by atoms with E-state index in [1.165, 1.54) is 22.0 Å². The van der Waals surface area contributed by atoms with Crippen LogP contribution in [0.3, 0.4) is 0 Å². The van der Waals surface area contributed by atoms with E-state index in [0.29, 0.717) is 26.3 Å². The third kappa shape index (κ3) is 4.52. The van der Waals surface area contributed by atoms with Gasteiger partial charge in [-0.3, -0.25) is 14.2 Å². The fourth-order valence-corrected chi connectivity index (χ4v) is 6.23. The molecule has 2 aromatic carbocycles. The molecule has 11 heteroatoms. The highest BCUT2D eigenvalue weighted by atomic mass is 32.2. The van der Waals surface area contributed by atoms with Gasteiger partial charge >= 0.3 is 11.7 Å². The number of fused-ring (bicyclic) bond motifs is 1. The van der Waals surface area contributed by atoms with E-state index in [0.717, 1.165) is 16.7 Å². The van der Waals surface area contributed by atoms with Crippen molar-refractivity contribution >= 4 is 37.4 Å². The first-order valence-electron chi connectivity index (χ1n) is 10.4. The van der Waals surface area contributed by atoms with Crippen molar-refractivity contribution in [3.8, 4) is 16.2 Å². The molecule has 4 aromatic rings. The summed E-state index contributed by atoms with van der Waals surface area (Å²) in [7, 11) is -2.04. The first-order chi connectivity index (χ1) is 16.5. The van der Waals surface area contributed by atoms with E-state index in [9.17, 15) is 27.9 Å². The third-order valence-electron chi connectivity index (χ3n) is 5.64. The second kappa shape index (κ2) is 9.16. The van der Waals surface area contributed by atoms with Crippen LogP contribution in [0.15, 0.2) is 63.0 Å². The number of aryl methyl sites for hydroxylation is 1. The zero-order valence-electron chi connectivity index (χ0n) is 19.1. The summed E-state index contributed by atoms with van der Waals surface area (Å²) in [5.41, 5.74) is 0.231. The Hall–Kier alpha value is -3.70. The van der Waals surface area contributed by atoms with Gasteiger partial charge in [0.25, 0.3) is 5.56 Å². The van der Waals surface area contributed by atoms with Crippen LogP contribution in [0, 0.1) is 6.92 Å². The molecule has 2 heterocycles. The Morgan fingerprint density at radius 3 is 2.31 bits per heavy atom. The number of carbonyl (C=O) groups is 1. The number of sulfone groups is 1. The first-order valence-corrected chi connectivity index (χ1v) is 13.1. The fourth-order valence-electron chi connectivity index (χ4n) is 3.99. The van der Waals surface area contributed by atoms with Crippen LogP contribution >= 0.6 is 11.3 Å². The summed E-state index contributed by atoms with van der Waals surface area (Å²) in [5, 5.41) is 9.55. The number of ether oxygens (including phenoxy) is 1. The lowest BCUT2D eigenvalue weighted by Gasteiger charge is -2.13. The van der Waals surface area contributed by atoms with Gasteiger partial charge in [-0.2, -0.15) is 0 Å². The summed E-state index contributed by atoms with van der Waals surface area (Å²) in [6.45, 7) is 0.777. The van der Waals surface area contributed by atoms with Crippen molar-refractivity contribution < 1.29 is 23.1 Å². The van der Waals surface area contributed by atoms with E-state index in [1.807, 2.05) is 12.1 Å². The molecule has 9 nitrogen and oxygen atoms in total. The number of rotatable bonds is 7. The van der Waals surface area contributed by atoms with Gasteiger partial charge in [-0.05, 0) is 53.9 Å². The Morgan fingerprint density at radius 1 is 1.06 bits per heavy atom. The summed E-state index contributed by atoms with van der Waals surface area (Å²) < 4.78 is 31.8. The van der Waals surface area contributed by atoms with Crippen LogP contribution in [0.5, 0.6) is 5.75 Å². The van der Waals surface area contributed by atoms with Crippen LogP contribution < -0.4 is 16.0 Å². The molecule has 0 spiro atoms. The minimum absolute atomic E-state index is 0.0553. The van der Waals surface area contributed by atoms with E-state index in [1.54, 1.807) is 44.4 Å². The van der Waals surface area contributed by atoms with Gasteiger partial charge in [-0.1, -0.05) is 18.2 Å². The number of hydrogen-bond donors (Lipinski definition) is 1. The predicted octanol–water partition coefficient (Wildman–Crippen LogP) is 2.75. The summed E-state index contributed by atoms with van der Waals surface area (Å²) in [6.07, 6.45) is 1.08. The smallest absolute Gasteiger partial charge is 0.332 e. The number of thiophene rings is 1. The highest BCUT2D eigenvalue weighted by Crippen LogP contribution is 2.37. The van der Waals surface area contributed by atoms with Crippen molar-refractivity contribution in [1.82, 2.24) is 9.13 Å². The van der Waals surface area contributed by atoms with Crippen molar-refractivity contribution in [2.75, 3.05) is 13.4 Å². The maximum absolute atomic E-state index is 13.3. The van der Waals surface area contributed by atoms with Crippen LogP contribution in [0.1, 0.15) is 11.1 Å². The molecule has 0 aliphatic heterocycles. The van der Waals surface area contributed by atoms with Gasteiger partial charge in [0.1, 0.15) is 17.1 Å². The number of carboxylic acids is 1. The quantitative estimate of drug-likeness (QED) is 0.402. The van der Waals surface area contributed by atoms with Crippen molar-refractivity contribution in [3.63, 3.8) is 0 Å². The first kappa shape index (κ1) is 24.4. The fraction of sp³-hybridized carbons (Fsp3) is 0.208. The molecule has 0 aliphatic carbocycles. The maximum atomic E-state index is 13.3. The molecule has 0 fully saturated rings. The lowest BCUT2D eigenvalue weighted by atomic mass is 10.1. The molecule has 2 aromatic heterocycles. The van der Waals surface area contributed by atoms with Crippen LogP contribution in [0.4, 0.5) is 0 Å². The number of methoxy groups -OCH3 is 1. The molecule has 0 radical (unpaired) electrons. The van der Waals surface area contributed by atoms with Crippen molar-refractivity contribution in [1.29, 1.82) is 0 Å². The Labute approximate surface area is 204 Å². The molecule has 4 rings (SSSR count). The van der Waals surface area contributed by atoms with Gasteiger partial charge in [0.05, 0.1) is 23.9 Å². The van der Waals surface area contributed by atoms with E-state index in [2.05, 4.69) is 0 Å². The van der Waals surface area contributed by atoms with Crippen molar-refractivity contribution in [3.05, 3.63) is 80.5 Å². The third-order valence-corrected chi connectivity index (χ3v) is 8.20. The van der Waals surface area contributed by atoms with Crippen LogP contribution in [-0.4, -0.2) is 42.0 Å². The second-order valence-corrected chi connectivity index (χ2v) is 11.0. The lowest BCUT2D eigenvalue weighted by Crippen LogP contribution is -2.41. The zero-order chi connectivity index (χ0) is 25.5. The molecule has 35 heavy (non-hydrogen) atoms. The number of aliphatic carboxylic acids is 1. The van der Waals surface area contributed by atoms with Crippen LogP contribution in [0.2, 0.25) is 0 Å². The van der Waals surface area contributed by atoms with Crippen molar-refractivity contribution in [2.24, 2.45) is 0 Å². The van der Waals surface area contributed by atoms with Gasteiger partial charge in [-0.25, -0.2) is 17.8 Å². The van der Waals surface area contributed by atoms with Gasteiger partial charge in [0.15, 0.2) is 9.84 Å². The molecule has 0 aliphatic rings. The predicted molar refractivity (Wildman–Crippen MR) is 133 cm³/mol. The number of hydrogen-bond acceptors (Lipinski definition) is 7. The standard InChI is InChI=1S/C24H22N2O7S2/c1-14-20-22(29)25(13-19(27)28)24(30)26(12-16-6-4-5-7-18(16)35(3,31)32)23(20)34-21(14)15-8-10-17(33-2)11-9-15/h4-11H,12-13H2,1-3H3,(H,27,28). The lowest BCUT2D eigenvalue weighted by molar-refractivity contribution is -0.137. The molecule has 0 amide bonds. The maximum Gasteiger partial charge on any atom is 0.332 e. The normalized spacial score (nSPS) is 11.6. The molecule has 182 valence electrons. The number of nitrogens with zero attached hydrogens (tertiary/aromatic N) is 2. The molecule has 0 saturated heterocycles. The average molecular weight is 515 g/mol. The van der Waals surface area contributed by atoms with Gasteiger partial charge in [-0.15, -0.1) is 11.3 Å². The summed E-state index contributed by atoms with van der Waals surface area (Å²) in [4.78, 5) is 39.2. The van der Waals surface area contributed by atoms with E-state index in [-0.39, 0.29) is 16.8 Å². The Kier molecular flexibility index (Phi) is 6.39. The Bertz CT molecular complexity index is 1680. The van der Waals surface area contributed by atoms with Crippen molar-refractivity contribution in [2.45, 2.75) is 24.9 Å². The SMILES string of the molecule is COc1ccc(-c2sc3c(c2C)c(=O)n(CC(=O)O)c(=O)n3Cc2ccccc2S(C)(=O)=O)cc1. The average Bonchev–Trinajstić information content (AvgIpc) is 3.16. The highest BCUT2D eigenvalue weighted by Gasteiger charge is 2.23. The minimum atomic E-state index is -3.60. The molecule has 0 bridgehead atoms. The Balaban J connectivity index is 2.03. The van der Waals surface area contributed by atoms with E-state index in [4.69, 9.17) is 4.74 Å². The summed E-state index contributed by atoms with van der Waals surface area (Å²) >= 11 is 1.22. The minimum Gasteiger partial charge on any atom is -0.497 e. The van der Waals surface area contributed by atoms with E-state index < -0.39 is 33.6 Å². The molecular weight excluding hydrogens is 492 g/mol. The largest absolute Gasteiger partial charge is 0.497 e. The monoisotopic (exact) mass is 514 g/mol. The Morgan fingerprint density at radius 2 is 1.71 bits per heavy atom. The van der Waals surface area contributed by atoms with E-state index >= 15 is 0 Å². The summed E-state index contributed by atoms with van der Waals surface area (Å²) in [5.74, 6) is -0.680. The molecule has 0 saturated carbocycles. The second-order valence-electron chi connectivity index (χ2n) is 8.00. The van der Waals surface area contributed by atoms with Gasteiger partial charge in [0.2, 0.25) is 0 Å². The topological polar surface area (TPSA) is 125 Å². The van der Waals surface area contributed by atoms with Crippen LogP contribution in [0.25, 0.3) is 20.7 Å². The molecular formula is C24H22N2O7S2. The zero-order valence-corrected chi connectivity index (χ0v) is 20.8. The number of benzene rings is 2. The molecule has 1 N–H and O–H groups in total. The van der Waals surface area contributed by atoms with Crippen LogP contribution in [-0.2, 0) is 27.7 Å². The molecule has 0 atom stereocenters. The highest BCUT2D eigenvalue weighted by molar-refractivity contribution is 7.90. The number of carboxylic acid groups (broad SMARTS) is 1. The summed E-state index contributed by atoms with van der Waals surface area (Å²) in [6, 6.07) is 13.5. The molecule has 0 unspecified atom stereocenters. The van der Waals surface area contributed by atoms with Gasteiger partial charge in [0, 0.05) is 11.1 Å². The van der Waals surface area contributed by atoms with Gasteiger partial charge < -0.3 is 9.84 Å².